The Hall–Kier alpha value is -0.410. The fraction of sp³-hybridized carbons (Fsp3) is 0.455. The van der Waals surface area contributed by atoms with Crippen molar-refractivity contribution in [2.24, 2.45) is 0 Å². The number of hydrogen-bond acceptors (Lipinski definition) is 2. The van der Waals surface area contributed by atoms with E-state index in [2.05, 4.69) is 18.7 Å². The molecule has 2 N–H and O–H groups in total. The van der Waals surface area contributed by atoms with Crippen molar-refractivity contribution in [2.45, 2.75) is 33.6 Å². The summed E-state index contributed by atoms with van der Waals surface area (Å²) in [6, 6.07) is 3.67. The first kappa shape index (κ1) is 13.7. The molecule has 0 spiro atoms. The zero-order chi connectivity index (χ0) is 12.3. The van der Waals surface area contributed by atoms with Gasteiger partial charge in [0.2, 0.25) is 0 Å². The van der Waals surface area contributed by atoms with Crippen LogP contribution in [0, 0.1) is 6.92 Å². The Balaban J connectivity index is 3.25. The van der Waals surface area contributed by atoms with Crippen LogP contribution >= 0.6 is 6.72 Å². The smallest absolute Gasteiger partial charge is 0.375 e. The zero-order valence-corrected chi connectivity index (χ0v) is 11.4. The third-order valence-electron chi connectivity index (χ3n) is 2.55. The quantitative estimate of drug-likeness (QED) is 0.817. The average Bonchev–Trinajstić information content (AvgIpc) is 2.18. The van der Waals surface area contributed by atoms with Gasteiger partial charge in [-0.25, -0.2) is 0 Å². The summed E-state index contributed by atoms with van der Waals surface area (Å²) in [5.41, 5.74) is 3.40. The second kappa shape index (κ2) is 5.28. The van der Waals surface area contributed by atoms with Gasteiger partial charge in [0.15, 0.2) is 0 Å². The summed E-state index contributed by atoms with van der Waals surface area (Å²) in [5.74, 6) is 0.498. The Bertz CT molecular complexity index is 425. The van der Waals surface area contributed by atoms with E-state index in [9.17, 15) is 9.79 Å². The van der Waals surface area contributed by atoms with Crippen molar-refractivity contribution < 1.29 is 14.3 Å². The number of hydrogen-bond donors (Lipinski definition) is 2. The topological polar surface area (TPSA) is 49.7 Å². The van der Waals surface area contributed by atoms with Gasteiger partial charge >= 0.3 is 6.72 Å². The molecule has 3 nitrogen and oxygen atoms in total. The van der Waals surface area contributed by atoms with E-state index in [1.807, 2.05) is 19.9 Å². The van der Waals surface area contributed by atoms with Gasteiger partial charge < -0.3 is 14.3 Å². The van der Waals surface area contributed by atoms with E-state index >= 15 is 0 Å². The fourth-order valence-electron chi connectivity index (χ4n) is 1.88. The van der Waals surface area contributed by atoms with Crippen molar-refractivity contribution in [2.75, 3.05) is 0 Å². The molecule has 0 aliphatic rings. The zero-order valence-electron chi connectivity index (χ0n) is 9.73. The van der Waals surface area contributed by atoms with Crippen molar-refractivity contribution in [1.29, 1.82) is 0 Å². The van der Waals surface area contributed by atoms with E-state index in [0.29, 0.717) is 5.75 Å². The summed E-state index contributed by atoms with van der Waals surface area (Å²) >= 11 is 4.49. The van der Waals surface area contributed by atoms with Crippen molar-refractivity contribution >= 4 is 18.5 Å². The highest BCUT2D eigenvalue weighted by Gasteiger charge is 2.15. The van der Waals surface area contributed by atoms with Gasteiger partial charge in [-0.3, -0.25) is 0 Å². The predicted octanol–water partition coefficient (Wildman–Crippen LogP) is 2.71. The third kappa shape index (κ3) is 3.29. The van der Waals surface area contributed by atoms with Gasteiger partial charge in [0.25, 0.3) is 0 Å². The van der Waals surface area contributed by atoms with E-state index in [-0.39, 0.29) is 0 Å². The predicted molar refractivity (Wildman–Crippen MR) is 69.3 cm³/mol. The van der Waals surface area contributed by atoms with Crippen LogP contribution in [0.1, 0.15) is 30.5 Å². The molecule has 90 valence electrons. The van der Waals surface area contributed by atoms with Crippen LogP contribution in [0.15, 0.2) is 12.1 Å². The summed E-state index contributed by atoms with van der Waals surface area (Å²) in [7, 11) is 0. The minimum Gasteiger partial charge on any atom is -0.424 e. The molecule has 0 bridgehead atoms. The van der Waals surface area contributed by atoms with Crippen LogP contribution in [-0.2, 0) is 24.6 Å². The van der Waals surface area contributed by atoms with Crippen LogP contribution in [0.2, 0.25) is 0 Å². The summed E-state index contributed by atoms with van der Waals surface area (Å²) in [4.78, 5) is 18.4. The normalized spacial score (nSPS) is 11.6. The summed E-state index contributed by atoms with van der Waals surface area (Å²) in [5, 5.41) is 0. The first-order valence-corrected chi connectivity index (χ1v) is 7.88. The third-order valence-corrected chi connectivity index (χ3v) is 3.20. The molecular formula is C11H17O3PS. The monoisotopic (exact) mass is 260 g/mol. The molecule has 0 unspecified atom stereocenters. The molecule has 1 rings (SSSR count). The van der Waals surface area contributed by atoms with E-state index in [1.54, 1.807) is 6.07 Å². The second-order valence-corrected chi connectivity index (χ2v) is 6.22. The lowest BCUT2D eigenvalue weighted by atomic mass is 9.97. The molecule has 0 aromatic heterocycles. The van der Waals surface area contributed by atoms with Crippen LogP contribution < -0.4 is 4.52 Å². The molecule has 0 saturated heterocycles. The van der Waals surface area contributed by atoms with Crippen molar-refractivity contribution in [3.05, 3.63) is 28.8 Å². The maximum Gasteiger partial charge on any atom is 0.375 e. The average molecular weight is 260 g/mol. The highest BCUT2D eigenvalue weighted by Crippen LogP contribution is 2.40. The first-order valence-electron chi connectivity index (χ1n) is 5.25. The molecule has 0 fully saturated rings. The molecule has 0 radical (unpaired) electrons. The van der Waals surface area contributed by atoms with Gasteiger partial charge in [-0.1, -0.05) is 19.9 Å². The van der Waals surface area contributed by atoms with Crippen LogP contribution in [0.25, 0.3) is 0 Å². The maximum atomic E-state index is 9.18. The summed E-state index contributed by atoms with van der Waals surface area (Å²) in [6.45, 7) is 2.48. The van der Waals surface area contributed by atoms with Crippen LogP contribution in [0.3, 0.4) is 0 Å². The van der Waals surface area contributed by atoms with Gasteiger partial charge in [0.05, 0.1) is 0 Å². The van der Waals surface area contributed by atoms with Crippen LogP contribution in [-0.4, -0.2) is 9.79 Å². The maximum absolute atomic E-state index is 9.18. The minimum atomic E-state index is -3.64. The van der Waals surface area contributed by atoms with Gasteiger partial charge in [0.1, 0.15) is 5.75 Å². The highest BCUT2D eigenvalue weighted by atomic mass is 32.5. The molecule has 16 heavy (non-hydrogen) atoms. The second-order valence-electron chi connectivity index (χ2n) is 3.63. The Morgan fingerprint density at radius 1 is 1.19 bits per heavy atom. The first-order chi connectivity index (χ1) is 7.39. The molecule has 0 saturated carbocycles. The number of rotatable bonds is 4. The Labute approximate surface area is 101 Å². The number of benzene rings is 1. The van der Waals surface area contributed by atoms with Gasteiger partial charge in [-0.05, 0) is 42.5 Å². The SMILES string of the molecule is CCc1c(C)ccc(OP(O)(O)=S)c1CC. The van der Waals surface area contributed by atoms with Crippen molar-refractivity contribution in [3.8, 4) is 5.75 Å². The molecular weight excluding hydrogens is 243 g/mol. The molecule has 0 aliphatic carbocycles. The molecule has 0 aliphatic heterocycles. The van der Waals surface area contributed by atoms with Crippen molar-refractivity contribution in [1.82, 2.24) is 0 Å². The van der Waals surface area contributed by atoms with Crippen LogP contribution in [0.5, 0.6) is 5.75 Å². The molecule has 0 atom stereocenters. The molecule has 0 amide bonds. The van der Waals surface area contributed by atoms with Gasteiger partial charge in [-0.2, -0.15) is 0 Å². The van der Waals surface area contributed by atoms with E-state index in [0.717, 1.165) is 18.4 Å². The van der Waals surface area contributed by atoms with E-state index in [1.165, 1.54) is 11.1 Å². The molecule has 1 aromatic carbocycles. The lowest BCUT2D eigenvalue weighted by molar-refractivity contribution is 0.369. The Morgan fingerprint density at radius 2 is 1.75 bits per heavy atom. The molecule has 0 heterocycles. The van der Waals surface area contributed by atoms with Gasteiger partial charge in [-0.15, -0.1) is 0 Å². The van der Waals surface area contributed by atoms with E-state index in [4.69, 9.17) is 4.52 Å². The Morgan fingerprint density at radius 3 is 2.19 bits per heavy atom. The highest BCUT2D eigenvalue weighted by molar-refractivity contribution is 8.06. The van der Waals surface area contributed by atoms with Crippen molar-refractivity contribution in [3.63, 3.8) is 0 Å². The fourth-order valence-corrected chi connectivity index (χ4v) is 2.55. The largest absolute Gasteiger partial charge is 0.424 e. The summed E-state index contributed by atoms with van der Waals surface area (Å²) < 4.78 is 5.06. The molecule has 5 heteroatoms. The summed E-state index contributed by atoms with van der Waals surface area (Å²) in [6.07, 6.45) is 1.68. The standard InChI is InChI=1S/C11H17O3PS/c1-4-9-8(3)6-7-11(10(9)5-2)14-15(12,13)16/h6-7H,4-5H2,1-3H3,(H2,12,13,16). The minimum absolute atomic E-state index is 0.498. The lowest BCUT2D eigenvalue weighted by Crippen LogP contribution is -2.00. The lowest BCUT2D eigenvalue weighted by Gasteiger charge is -2.17. The number of aryl methyl sites for hydroxylation is 1. The van der Waals surface area contributed by atoms with E-state index < -0.39 is 6.72 Å². The van der Waals surface area contributed by atoms with Gasteiger partial charge in [0, 0.05) is 11.8 Å². The van der Waals surface area contributed by atoms with Crippen LogP contribution in [0.4, 0.5) is 0 Å². The molecule has 1 aromatic rings. The Kier molecular flexibility index (Phi) is 4.51.